The third-order valence-corrected chi connectivity index (χ3v) is 7.00. The van der Waals surface area contributed by atoms with Crippen LogP contribution in [0.2, 0.25) is 0 Å². The Morgan fingerprint density at radius 3 is 1.85 bits per heavy atom. The van der Waals surface area contributed by atoms with Crippen molar-refractivity contribution in [3.8, 4) is 11.5 Å². The van der Waals surface area contributed by atoms with Gasteiger partial charge in [-0.15, -0.1) is 0 Å². The molecule has 0 aliphatic heterocycles. The fourth-order valence-electron chi connectivity index (χ4n) is 3.72. The molecule has 6 nitrogen and oxygen atoms in total. The van der Waals surface area contributed by atoms with Gasteiger partial charge in [0.2, 0.25) is 0 Å². The normalized spacial score (nSPS) is 11.1. The van der Waals surface area contributed by atoms with E-state index >= 15 is 0 Å². The number of rotatable bonds is 12. The van der Waals surface area contributed by atoms with Crippen LogP contribution in [-0.4, -0.2) is 18.8 Å². The second kappa shape index (κ2) is 14.5. The summed E-state index contributed by atoms with van der Waals surface area (Å²) in [6, 6.07) is 30.8. The van der Waals surface area contributed by atoms with Crippen molar-refractivity contribution < 1.29 is 23.8 Å². The third kappa shape index (κ3) is 8.18. The van der Waals surface area contributed by atoms with Crippen LogP contribution in [0.15, 0.2) is 111 Å². The largest absolute Gasteiger partial charge is 0.494 e. The van der Waals surface area contributed by atoms with Crippen LogP contribution in [0.1, 0.15) is 22.3 Å². The average molecular weight is 653 g/mol. The summed E-state index contributed by atoms with van der Waals surface area (Å²) in [6.07, 6.45) is 0.105. The van der Waals surface area contributed by atoms with Crippen molar-refractivity contribution in [1.82, 2.24) is 0 Å². The standard InChI is InChI=1S/C31H27Br2NO5/c1-36-30-26(32)17-25(29(28(30)33)37-19-22-11-5-2-6-12-22)18-27(34-39-21-24-15-9-4-10-16-24)31(35)38-20-23-13-7-3-8-14-23/h2-17H,18-21H2,1H3/b34-27+. The van der Waals surface area contributed by atoms with Gasteiger partial charge in [0, 0.05) is 12.0 Å². The quantitative estimate of drug-likeness (QED) is 0.0893. The highest BCUT2D eigenvalue weighted by molar-refractivity contribution is 9.11. The summed E-state index contributed by atoms with van der Waals surface area (Å²) >= 11 is 7.18. The molecule has 0 saturated carbocycles. The first-order chi connectivity index (χ1) is 19.0. The molecule has 39 heavy (non-hydrogen) atoms. The number of carbonyl (C=O) groups excluding carboxylic acids is 1. The van der Waals surface area contributed by atoms with Gasteiger partial charge in [-0.05, 0) is 54.6 Å². The Kier molecular flexibility index (Phi) is 10.6. The lowest BCUT2D eigenvalue weighted by Gasteiger charge is -2.18. The summed E-state index contributed by atoms with van der Waals surface area (Å²) in [5, 5.41) is 4.21. The first-order valence-corrected chi connectivity index (χ1v) is 13.8. The molecule has 4 rings (SSSR count). The van der Waals surface area contributed by atoms with Crippen LogP contribution in [0.5, 0.6) is 11.5 Å². The number of nitrogens with zero attached hydrogens (tertiary/aromatic N) is 1. The van der Waals surface area contributed by atoms with Crippen LogP contribution in [0.3, 0.4) is 0 Å². The fourth-order valence-corrected chi connectivity index (χ4v) is 5.37. The maximum Gasteiger partial charge on any atom is 0.356 e. The molecular weight excluding hydrogens is 626 g/mol. The molecule has 0 aliphatic rings. The summed E-state index contributed by atoms with van der Waals surface area (Å²) in [6.45, 7) is 0.654. The van der Waals surface area contributed by atoms with Crippen LogP contribution >= 0.6 is 31.9 Å². The molecule has 200 valence electrons. The van der Waals surface area contributed by atoms with Gasteiger partial charge in [0.15, 0.2) is 11.5 Å². The third-order valence-electron chi connectivity index (χ3n) is 5.69. The molecule has 0 aromatic heterocycles. The van der Waals surface area contributed by atoms with Gasteiger partial charge in [-0.1, -0.05) is 96.2 Å². The number of carbonyl (C=O) groups is 1. The number of benzene rings is 4. The number of ether oxygens (including phenoxy) is 3. The maximum absolute atomic E-state index is 13.2. The molecule has 0 heterocycles. The maximum atomic E-state index is 13.2. The number of halogens is 2. The Bertz CT molecular complexity index is 1400. The number of esters is 1. The van der Waals surface area contributed by atoms with Crippen molar-refractivity contribution in [2.24, 2.45) is 5.16 Å². The van der Waals surface area contributed by atoms with Gasteiger partial charge in [0.05, 0.1) is 11.6 Å². The molecule has 0 amide bonds. The zero-order chi connectivity index (χ0) is 27.5. The topological polar surface area (TPSA) is 66.4 Å². The van der Waals surface area contributed by atoms with Gasteiger partial charge in [-0.25, -0.2) is 4.79 Å². The summed E-state index contributed by atoms with van der Waals surface area (Å²) < 4.78 is 18.7. The van der Waals surface area contributed by atoms with Gasteiger partial charge >= 0.3 is 5.97 Å². The summed E-state index contributed by atoms with van der Waals surface area (Å²) in [4.78, 5) is 18.8. The smallest absolute Gasteiger partial charge is 0.356 e. The molecule has 0 N–H and O–H groups in total. The SMILES string of the molecule is COc1c(Br)cc(C/C(=N\OCc2ccccc2)C(=O)OCc2ccccc2)c(OCc2ccccc2)c1Br. The first-order valence-electron chi connectivity index (χ1n) is 12.2. The van der Waals surface area contributed by atoms with Crippen molar-refractivity contribution in [2.75, 3.05) is 7.11 Å². The van der Waals surface area contributed by atoms with Crippen molar-refractivity contribution in [3.05, 3.63) is 128 Å². The highest BCUT2D eigenvalue weighted by atomic mass is 79.9. The Labute approximate surface area is 244 Å². The Balaban J connectivity index is 1.61. The van der Waals surface area contributed by atoms with Crippen molar-refractivity contribution in [2.45, 2.75) is 26.2 Å². The van der Waals surface area contributed by atoms with E-state index < -0.39 is 5.97 Å². The van der Waals surface area contributed by atoms with E-state index in [1.165, 1.54) is 0 Å². The van der Waals surface area contributed by atoms with Gasteiger partial charge in [0.1, 0.15) is 30.0 Å². The van der Waals surface area contributed by atoms with Crippen molar-refractivity contribution in [3.63, 3.8) is 0 Å². The van der Waals surface area contributed by atoms with E-state index in [0.29, 0.717) is 32.6 Å². The summed E-state index contributed by atoms with van der Waals surface area (Å²) in [5.74, 6) is 0.529. The predicted octanol–water partition coefficient (Wildman–Crippen LogP) is 7.66. The molecule has 4 aromatic rings. The number of oxime groups is 1. The summed E-state index contributed by atoms with van der Waals surface area (Å²) in [7, 11) is 1.58. The second-order valence-electron chi connectivity index (χ2n) is 8.50. The zero-order valence-corrected chi connectivity index (χ0v) is 24.5. The lowest BCUT2D eigenvalue weighted by atomic mass is 10.1. The molecule has 0 spiro atoms. The molecule has 0 unspecified atom stereocenters. The van der Waals surface area contributed by atoms with Crippen molar-refractivity contribution >= 4 is 43.5 Å². The van der Waals surface area contributed by atoms with Crippen LogP contribution in [0, 0.1) is 0 Å². The van der Waals surface area contributed by atoms with Crippen molar-refractivity contribution in [1.29, 1.82) is 0 Å². The Morgan fingerprint density at radius 2 is 1.28 bits per heavy atom. The molecule has 8 heteroatoms. The van der Waals surface area contributed by atoms with E-state index in [2.05, 4.69) is 37.0 Å². The predicted molar refractivity (Wildman–Crippen MR) is 158 cm³/mol. The van der Waals surface area contributed by atoms with E-state index in [9.17, 15) is 4.79 Å². The Hall–Kier alpha value is -3.62. The number of hydrogen-bond donors (Lipinski definition) is 0. The lowest BCUT2D eigenvalue weighted by molar-refractivity contribution is -0.137. The molecule has 0 atom stereocenters. The van der Waals surface area contributed by atoms with E-state index in [0.717, 1.165) is 16.7 Å². The molecule has 4 aromatic carbocycles. The van der Waals surface area contributed by atoms with E-state index in [1.807, 2.05) is 97.1 Å². The second-order valence-corrected chi connectivity index (χ2v) is 10.2. The van der Waals surface area contributed by atoms with Gasteiger partial charge in [-0.3, -0.25) is 0 Å². The van der Waals surface area contributed by atoms with Gasteiger partial charge in [0.25, 0.3) is 0 Å². The molecule has 0 aliphatic carbocycles. The minimum atomic E-state index is -0.580. The van der Waals surface area contributed by atoms with Crippen LogP contribution in [0.4, 0.5) is 0 Å². The number of methoxy groups -OCH3 is 1. The molecule has 0 bridgehead atoms. The van der Waals surface area contributed by atoms with Crippen LogP contribution in [0.25, 0.3) is 0 Å². The molecule has 0 radical (unpaired) electrons. The van der Waals surface area contributed by atoms with Gasteiger partial charge < -0.3 is 19.0 Å². The highest BCUT2D eigenvalue weighted by Crippen LogP contribution is 2.43. The fraction of sp³-hybridized carbons (Fsp3) is 0.161. The number of hydrogen-bond acceptors (Lipinski definition) is 6. The molecule has 0 saturated heterocycles. The van der Waals surface area contributed by atoms with E-state index in [-0.39, 0.29) is 25.3 Å². The zero-order valence-electron chi connectivity index (χ0n) is 21.3. The average Bonchev–Trinajstić information content (AvgIpc) is 2.97. The monoisotopic (exact) mass is 651 g/mol. The highest BCUT2D eigenvalue weighted by Gasteiger charge is 2.23. The van der Waals surface area contributed by atoms with E-state index in [4.69, 9.17) is 19.0 Å². The van der Waals surface area contributed by atoms with Crippen LogP contribution < -0.4 is 9.47 Å². The van der Waals surface area contributed by atoms with Gasteiger partial charge in [-0.2, -0.15) is 0 Å². The minimum Gasteiger partial charge on any atom is -0.494 e. The Morgan fingerprint density at radius 1 is 0.744 bits per heavy atom. The molecular formula is C31H27Br2NO5. The molecule has 0 fully saturated rings. The van der Waals surface area contributed by atoms with E-state index in [1.54, 1.807) is 7.11 Å². The minimum absolute atomic E-state index is 0.105. The summed E-state index contributed by atoms with van der Waals surface area (Å²) in [5.41, 5.74) is 3.61. The first kappa shape index (κ1) is 28.4. The van der Waals surface area contributed by atoms with Crippen LogP contribution in [-0.2, 0) is 40.6 Å². The lowest BCUT2D eigenvalue weighted by Crippen LogP contribution is -2.21.